The molecular formula is C24H34N6O. The predicted molar refractivity (Wildman–Crippen MR) is 123 cm³/mol. The molecule has 166 valence electrons. The number of pyridine rings is 1. The Labute approximate surface area is 183 Å². The van der Waals surface area contributed by atoms with Gasteiger partial charge in [-0.15, -0.1) is 5.10 Å². The first-order chi connectivity index (χ1) is 14.7. The van der Waals surface area contributed by atoms with Gasteiger partial charge in [-0.25, -0.2) is 4.68 Å². The highest BCUT2D eigenvalue weighted by Gasteiger charge is 2.27. The third-order valence-corrected chi connectivity index (χ3v) is 6.35. The van der Waals surface area contributed by atoms with E-state index >= 15 is 0 Å². The molecule has 2 heterocycles. The molecule has 0 aliphatic heterocycles. The molecule has 31 heavy (non-hydrogen) atoms. The molecule has 4 rings (SSSR count). The third kappa shape index (κ3) is 4.71. The van der Waals surface area contributed by atoms with Gasteiger partial charge in [-0.3, -0.25) is 9.69 Å². The molecule has 3 aromatic rings. The van der Waals surface area contributed by atoms with Gasteiger partial charge < -0.3 is 4.98 Å². The molecule has 1 aliphatic carbocycles. The van der Waals surface area contributed by atoms with E-state index < -0.39 is 0 Å². The molecular weight excluding hydrogens is 388 g/mol. The van der Waals surface area contributed by atoms with Crippen molar-refractivity contribution < 1.29 is 0 Å². The van der Waals surface area contributed by atoms with Crippen LogP contribution in [0.4, 0.5) is 0 Å². The van der Waals surface area contributed by atoms with E-state index in [2.05, 4.69) is 71.3 Å². The van der Waals surface area contributed by atoms with Crippen LogP contribution in [-0.2, 0) is 18.6 Å². The number of H-pyrrole nitrogens is 1. The van der Waals surface area contributed by atoms with Gasteiger partial charge in [0.25, 0.3) is 5.56 Å². The molecule has 2 aromatic heterocycles. The maximum absolute atomic E-state index is 13.0. The van der Waals surface area contributed by atoms with Gasteiger partial charge in [0.05, 0.1) is 17.6 Å². The number of aromatic nitrogens is 5. The predicted octanol–water partition coefficient (Wildman–Crippen LogP) is 4.22. The zero-order chi connectivity index (χ0) is 22.2. The molecule has 0 atom stereocenters. The Hall–Kier alpha value is -2.54. The minimum Gasteiger partial charge on any atom is -0.321 e. The highest BCUT2D eigenvalue weighted by molar-refractivity contribution is 5.82. The fourth-order valence-electron chi connectivity index (χ4n) is 4.84. The number of aryl methyl sites for hydroxylation is 2. The second-order valence-electron chi connectivity index (χ2n) is 10.0. The SMILES string of the molecule is Cc1cc(C)c2[nH]c(=O)c(CN(Cc3nnnn3C(C)(C)C)C3CCCCC3)cc2c1. The topological polar surface area (TPSA) is 79.7 Å². The Kier molecular flexibility index (Phi) is 5.97. The molecule has 1 N–H and O–H groups in total. The summed E-state index contributed by atoms with van der Waals surface area (Å²) >= 11 is 0. The molecule has 0 spiro atoms. The van der Waals surface area contributed by atoms with E-state index in [9.17, 15) is 4.79 Å². The van der Waals surface area contributed by atoms with Crippen molar-refractivity contribution in [3.8, 4) is 0 Å². The van der Waals surface area contributed by atoms with E-state index in [1.165, 1.54) is 24.8 Å². The average molecular weight is 423 g/mol. The number of hydrogen-bond donors (Lipinski definition) is 1. The smallest absolute Gasteiger partial charge is 0.252 e. The minimum absolute atomic E-state index is 0.00400. The Balaban J connectivity index is 1.69. The van der Waals surface area contributed by atoms with Crippen molar-refractivity contribution in [1.82, 2.24) is 30.1 Å². The zero-order valence-electron chi connectivity index (χ0n) is 19.4. The normalized spacial score (nSPS) is 15.8. The summed E-state index contributed by atoms with van der Waals surface area (Å²) in [5.41, 5.74) is 3.85. The van der Waals surface area contributed by atoms with Crippen molar-refractivity contribution >= 4 is 10.9 Å². The summed E-state index contributed by atoms with van der Waals surface area (Å²) in [5, 5.41) is 13.6. The lowest BCUT2D eigenvalue weighted by atomic mass is 9.93. The van der Waals surface area contributed by atoms with Gasteiger partial charge in [-0.1, -0.05) is 30.9 Å². The Morgan fingerprint density at radius 3 is 2.55 bits per heavy atom. The summed E-state index contributed by atoms with van der Waals surface area (Å²) < 4.78 is 1.90. The number of tetrazole rings is 1. The van der Waals surface area contributed by atoms with Gasteiger partial charge >= 0.3 is 0 Å². The van der Waals surface area contributed by atoms with Gasteiger partial charge in [0.1, 0.15) is 0 Å². The molecule has 0 radical (unpaired) electrons. The van der Waals surface area contributed by atoms with Gasteiger partial charge in [0, 0.05) is 18.2 Å². The van der Waals surface area contributed by atoms with Crippen LogP contribution in [0.3, 0.4) is 0 Å². The first-order valence-electron chi connectivity index (χ1n) is 11.4. The van der Waals surface area contributed by atoms with Crippen LogP contribution in [0.15, 0.2) is 23.0 Å². The first-order valence-corrected chi connectivity index (χ1v) is 11.4. The van der Waals surface area contributed by atoms with Crippen LogP contribution < -0.4 is 5.56 Å². The second kappa shape index (κ2) is 8.54. The maximum atomic E-state index is 13.0. The number of aromatic amines is 1. The second-order valence-corrected chi connectivity index (χ2v) is 10.0. The van der Waals surface area contributed by atoms with Gasteiger partial charge in [-0.2, -0.15) is 0 Å². The molecule has 7 heteroatoms. The van der Waals surface area contributed by atoms with Crippen molar-refractivity contribution in [3.63, 3.8) is 0 Å². The van der Waals surface area contributed by atoms with Crippen LogP contribution in [0.1, 0.15) is 75.4 Å². The van der Waals surface area contributed by atoms with E-state index in [1.54, 1.807) is 0 Å². The van der Waals surface area contributed by atoms with Crippen LogP contribution in [0.2, 0.25) is 0 Å². The summed E-state index contributed by atoms with van der Waals surface area (Å²) in [6.45, 7) is 11.7. The van der Waals surface area contributed by atoms with E-state index in [1.807, 2.05) is 11.6 Å². The molecule has 1 fully saturated rings. The molecule has 0 saturated heterocycles. The van der Waals surface area contributed by atoms with Crippen LogP contribution >= 0.6 is 0 Å². The Morgan fingerprint density at radius 1 is 1.10 bits per heavy atom. The third-order valence-electron chi connectivity index (χ3n) is 6.35. The van der Waals surface area contributed by atoms with Crippen molar-refractivity contribution in [3.05, 3.63) is 51.1 Å². The fraction of sp³-hybridized carbons (Fsp3) is 0.583. The summed E-state index contributed by atoms with van der Waals surface area (Å²) in [6, 6.07) is 6.76. The molecule has 0 bridgehead atoms. The van der Waals surface area contributed by atoms with Crippen molar-refractivity contribution in [2.45, 2.75) is 91.4 Å². The van der Waals surface area contributed by atoms with Gasteiger partial charge in [-0.05, 0) is 81.0 Å². The van der Waals surface area contributed by atoms with Crippen molar-refractivity contribution in [2.75, 3.05) is 0 Å². The minimum atomic E-state index is -0.188. The Morgan fingerprint density at radius 2 is 1.84 bits per heavy atom. The molecule has 1 saturated carbocycles. The van der Waals surface area contributed by atoms with Gasteiger partial charge in [0.2, 0.25) is 0 Å². The lowest BCUT2D eigenvalue weighted by molar-refractivity contribution is 0.130. The van der Waals surface area contributed by atoms with E-state index in [0.717, 1.165) is 40.7 Å². The quantitative estimate of drug-likeness (QED) is 0.666. The number of benzene rings is 1. The molecule has 7 nitrogen and oxygen atoms in total. The van der Waals surface area contributed by atoms with Crippen LogP contribution in [0.5, 0.6) is 0 Å². The summed E-state index contributed by atoms with van der Waals surface area (Å²) in [6.07, 6.45) is 6.07. The first kappa shape index (κ1) is 21.7. The average Bonchev–Trinajstić information content (AvgIpc) is 3.18. The van der Waals surface area contributed by atoms with Crippen LogP contribution in [0.25, 0.3) is 10.9 Å². The van der Waals surface area contributed by atoms with Crippen LogP contribution in [0, 0.1) is 13.8 Å². The molecule has 1 aliphatic rings. The van der Waals surface area contributed by atoms with E-state index in [0.29, 0.717) is 19.1 Å². The Bertz CT molecular complexity index is 1120. The highest BCUT2D eigenvalue weighted by atomic mass is 16.1. The highest BCUT2D eigenvalue weighted by Crippen LogP contribution is 2.26. The largest absolute Gasteiger partial charge is 0.321 e. The number of fused-ring (bicyclic) bond motifs is 1. The van der Waals surface area contributed by atoms with Crippen molar-refractivity contribution in [2.24, 2.45) is 0 Å². The summed E-state index contributed by atoms with van der Waals surface area (Å²) in [5.74, 6) is 0.849. The molecule has 0 unspecified atom stereocenters. The monoisotopic (exact) mass is 422 g/mol. The maximum Gasteiger partial charge on any atom is 0.252 e. The summed E-state index contributed by atoms with van der Waals surface area (Å²) in [4.78, 5) is 18.5. The van der Waals surface area contributed by atoms with Gasteiger partial charge in [0.15, 0.2) is 5.82 Å². The molecule has 0 amide bonds. The number of nitrogens with one attached hydrogen (secondary N) is 1. The van der Waals surface area contributed by atoms with Crippen LogP contribution in [-0.4, -0.2) is 36.1 Å². The summed E-state index contributed by atoms with van der Waals surface area (Å²) in [7, 11) is 0. The number of nitrogens with zero attached hydrogens (tertiary/aromatic N) is 5. The lowest BCUT2D eigenvalue weighted by Gasteiger charge is -2.34. The van der Waals surface area contributed by atoms with Crippen molar-refractivity contribution in [1.29, 1.82) is 0 Å². The molecule has 1 aromatic carbocycles. The van der Waals surface area contributed by atoms with E-state index in [4.69, 9.17) is 0 Å². The number of rotatable bonds is 5. The zero-order valence-corrected chi connectivity index (χ0v) is 19.4. The lowest BCUT2D eigenvalue weighted by Crippen LogP contribution is -2.39. The fourth-order valence-corrected chi connectivity index (χ4v) is 4.84. The number of hydrogen-bond acceptors (Lipinski definition) is 5. The standard InChI is InChI=1S/C24H34N6O/c1-16-11-17(2)22-18(12-16)13-19(23(31)25-22)14-29(20-9-7-6-8-10-20)15-21-26-27-28-30(21)24(3,4)5/h11-13,20H,6-10,14-15H2,1-5H3,(H,25,31). The van der Waals surface area contributed by atoms with E-state index in [-0.39, 0.29) is 11.1 Å².